The van der Waals surface area contributed by atoms with E-state index < -0.39 is 0 Å². The Balaban J connectivity index is 1.59. The molecule has 3 heterocycles. The lowest BCUT2D eigenvalue weighted by Gasteiger charge is -2.25. The normalized spacial score (nSPS) is 11.1. The number of pyridine rings is 1. The molecule has 0 fully saturated rings. The maximum atomic E-state index is 13.3. The SMILES string of the molecule is Cc1c(C(=O)N(Cc2nnc(-c3ccccc3Cl)o2)C(C)C)cnn1-c1ccccn1. The Bertz CT molecular complexity index is 1200. The van der Waals surface area contributed by atoms with Gasteiger partial charge >= 0.3 is 0 Å². The topological polar surface area (TPSA) is 89.9 Å². The average molecular weight is 437 g/mol. The molecule has 0 spiro atoms. The number of rotatable bonds is 6. The van der Waals surface area contributed by atoms with E-state index in [0.717, 1.165) is 0 Å². The van der Waals surface area contributed by atoms with Gasteiger partial charge in [0.25, 0.3) is 5.91 Å². The lowest BCUT2D eigenvalue weighted by atomic mass is 10.2. The van der Waals surface area contributed by atoms with Crippen LogP contribution in [0.5, 0.6) is 0 Å². The van der Waals surface area contributed by atoms with Gasteiger partial charge in [-0.05, 0) is 45.0 Å². The standard InChI is InChI=1S/C22H21ClN6O2/c1-14(2)28(13-20-26-27-21(31-20)16-8-4-5-9-18(16)23)22(30)17-12-25-29(15(17)3)19-10-6-7-11-24-19/h4-12,14H,13H2,1-3H3. The summed E-state index contributed by atoms with van der Waals surface area (Å²) in [5.74, 6) is 1.12. The third-order valence-electron chi connectivity index (χ3n) is 4.87. The smallest absolute Gasteiger partial charge is 0.258 e. The first kappa shape index (κ1) is 20.7. The van der Waals surface area contributed by atoms with Gasteiger partial charge in [-0.15, -0.1) is 10.2 Å². The van der Waals surface area contributed by atoms with E-state index in [1.807, 2.05) is 51.1 Å². The van der Waals surface area contributed by atoms with E-state index in [1.54, 1.807) is 34.1 Å². The van der Waals surface area contributed by atoms with Gasteiger partial charge in [0.05, 0.1) is 34.6 Å². The molecule has 4 aromatic rings. The second kappa shape index (κ2) is 8.69. The Hall–Kier alpha value is -3.52. The molecule has 8 nitrogen and oxygen atoms in total. The van der Waals surface area contributed by atoms with Gasteiger partial charge < -0.3 is 9.32 Å². The van der Waals surface area contributed by atoms with Gasteiger partial charge in [-0.1, -0.05) is 29.8 Å². The molecule has 158 valence electrons. The number of carbonyl (C=O) groups is 1. The molecule has 1 amide bonds. The van der Waals surface area contributed by atoms with E-state index >= 15 is 0 Å². The predicted molar refractivity (Wildman–Crippen MR) is 116 cm³/mol. The fraction of sp³-hybridized carbons (Fsp3) is 0.227. The van der Waals surface area contributed by atoms with Crippen LogP contribution in [0.3, 0.4) is 0 Å². The highest BCUT2D eigenvalue weighted by Crippen LogP contribution is 2.27. The van der Waals surface area contributed by atoms with E-state index in [0.29, 0.717) is 39.4 Å². The molecular weight excluding hydrogens is 416 g/mol. The molecule has 9 heteroatoms. The van der Waals surface area contributed by atoms with Crippen molar-refractivity contribution in [3.8, 4) is 17.3 Å². The number of halogens is 1. The van der Waals surface area contributed by atoms with Crippen LogP contribution in [-0.2, 0) is 6.54 Å². The highest BCUT2D eigenvalue weighted by atomic mass is 35.5. The van der Waals surface area contributed by atoms with Crippen molar-refractivity contribution in [2.24, 2.45) is 0 Å². The van der Waals surface area contributed by atoms with E-state index in [-0.39, 0.29) is 18.5 Å². The van der Waals surface area contributed by atoms with Crippen molar-refractivity contribution >= 4 is 17.5 Å². The summed E-state index contributed by atoms with van der Waals surface area (Å²) in [7, 11) is 0. The predicted octanol–water partition coefficient (Wildman–Crippen LogP) is 4.33. The second-order valence-electron chi connectivity index (χ2n) is 7.25. The quantitative estimate of drug-likeness (QED) is 0.447. The second-order valence-corrected chi connectivity index (χ2v) is 7.66. The average Bonchev–Trinajstić information content (AvgIpc) is 3.39. The molecule has 0 atom stereocenters. The summed E-state index contributed by atoms with van der Waals surface area (Å²) in [5.41, 5.74) is 1.85. The molecule has 0 unspecified atom stereocenters. The lowest BCUT2D eigenvalue weighted by Crippen LogP contribution is -2.36. The molecule has 31 heavy (non-hydrogen) atoms. The molecule has 0 radical (unpaired) electrons. The van der Waals surface area contributed by atoms with Crippen molar-refractivity contribution in [3.63, 3.8) is 0 Å². The van der Waals surface area contributed by atoms with E-state index in [2.05, 4.69) is 20.3 Å². The summed E-state index contributed by atoms with van der Waals surface area (Å²) in [6.45, 7) is 5.88. The first-order valence-electron chi connectivity index (χ1n) is 9.80. The molecule has 0 saturated heterocycles. The monoisotopic (exact) mass is 436 g/mol. The Morgan fingerprint density at radius 2 is 1.94 bits per heavy atom. The third kappa shape index (κ3) is 4.20. The molecule has 0 saturated carbocycles. The number of benzene rings is 1. The van der Waals surface area contributed by atoms with Crippen molar-refractivity contribution in [2.45, 2.75) is 33.4 Å². The minimum Gasteiger partial charge on any atom is -0.419 e. The molecule has 0 aliphatic heterocycles. The van der Waals surface area contributed by atoms with Crippen LogP contribution < -0.4 is 0 Å². The maximum Gasteiger partial charge on any atom is 0.258 e. The van der Waals surface area contributed by atoms with Crippen molar-refractivity contribution in [1.29, 1.82) is 0 Å². The fourth-order valence-electron chi connectivity index (χ4n) is 3.18. The largest absolute Gasteiger partial charge is 0.419 e. The highest BCUT2D eigenvalue weighted by Gasteiger charge is 2.25. The molecule has 1 aromatic carbocycles. The number of amides is 1. The van der Waals surface area contributed by atoms with Crippen molar-refractivity contribution < 1.29 is 9.21 Å². The molecule has 0 N–H and O–H groups in total. The van der Waals surface area contributed by atoms with E-state index in [9.17, 15) is 4.79 Å². The first-order valence-corrected chi connectivity index (χ1v) is 10.2. The van der Waals surface area contributed by atoms with Crippen LogP contribution in [-0.4, -0.2) is 41.8 Å². The molecular formula is C22H21ClN6O2. The minimum atomic E-state index is -0.174. The van der Waals surface area contributed by atoms with Crippen molar-refractivity contribution in [2.75, 3.05) is 0 Å². The summed E-state index contributed by atoms with van der Waals surface area (Å²) < 4.78 is 7.44. The zero-order valence-electron chi connectivity index (χ0n) is 17.4. The molecule has 0 aliphatic carbocycles. The number of hydrogen-bond donors (Lipinski definition) is 0. The van der Waals surface area contributed by atoms with Crippen LogP contribution in [0.25, 0.3) is 17.3 Å². The third-order valence-corrected chi connectivity index (χ3v) is 5.20. The van der Waals surface area contributed by atoms with Gasteiger partial charge in [-0.25, -0.2) is 9.67 Å². The molecule has 4 rings (SSSR count). The minimum absolute atomic E-state index is 0.0965. The van der Waals surface area contributed by atoms with Crippen LogP contribution in [0, 0.1) is 6.92 Å². The number of carbonyl (C=O) groups excluding carboxylic acids is 1. The van der Waals surface area contributed by atoms with E-state index in [1.165, 1.54) is 0 Å². The van der Waals surface area contributed by atoms with Gasteiger partial charge in [-0.3, -0.25) is 4.79 Å². The van der Waals surface area contributed by atoms with Gasteiger partial charge in [0.2, 0.25) is 11.8 Å². The van der Waals surface area contributed by atoms with Crippen LogP contribution in [0.15, 0.2) is 59.3 Å². The van der Waals surface area contributed by atoms with Crippen molar-refractivity contribution in [3.05, 3.63) is 77.0 Å². The molecule has 0 aliphatic rings. The van der Waals surface area contributed by atoms with Gasteiger partial charge in [0.1, 0.15) is 0 Å². The fourth-order valence-corrected chi connectivity index (χ4v) is 3.40. The Kier molecular flexibility index (Phi) is 5.81. The first-order chi connectivity index (χ1) is 15.0. The van der Waals surface area contributed by atoms with Gasteiger partial charge in [0, 0.05) is 12.2 Å². The summed E-state index contributed by atoms with van der Waals surface area (Å²) in [5, 5.41) is 13.1. The number of aromatic nitrogens is 5. The highest BCUT2D eigenvalue weighted by molar-refractivity contribution is 6.33. The van der Waals surface area contributed by atoms with Crippen molar-refractivity contribution in [1.82, 2.24) is 29.9 Å². The van der Waals surface area contributed by atoms with E-state index in [4.69, 9.17) is 16.0 Å². The van der Waals surface area contributed by atoms with Crippen LogP contribution in [0.4, 0.5) is 0 Å². The Morgan fingerprint density at radius 1 is 1.16 bits per heavy atom. The zero-order valence-corrected chi connectivity index (χ0v) is 18.1. The summed E-state index contributed by atoms with van der Waals surface area (Å²) in [6.07, 6.45) is 3.25. The Morgan fingerprint density at radius 3 is 2.65 bits per heavy atom. The van der Waals surface area contributed by atoms with Crippen LogP contribution in [0.1, 0.15) is 35.8 Å². The summed E-state index contributed by atoms with van der Waals surface area (Å²) >= 11 is 6.22. The van der Waals surface area contributed by atoms with Gasteiger partial charge in [-0.2, -0.15) is 5.10 Å². The number of hydrogen-bond acceptors (Lipinski definition) is 6. The zero-order chi connectivity index (χ0) is 22.0. The Labute approximate surface area is 184 Å². The lowest BCUT2D eigenvalue weighted by molar-refractivity contribution is 0.0671. The van der Waals surface area contributed by atoms with Gasteiger partial charge in [0.15, 0.2) is 5.82 Å². The van der Waals surface area contributed by atoms with Crippen LogP contribution in [0.2, 0.25) is 5.02 Å². The maximum absolute atomic E-state index is 13.3. The molecule has 3 aromatic heterocycles. The van der Waals surface area contributed by atoms with Crippen LogP contribution >= 0.6 is 11.6 Å². The number of nitrogens with zero attached hydrogens (tertiary/aromatic N) is 6. The summed E-state index contributed by atoms with van der Waals surface area (Å²) in [4.78, 5) is 19.3. The molecule has 0 bridgehead atoms. The summed E-state index contributed by atoms with van der Waals surface area (Å²) in [6, 6.07) is 12.7.